The number of ether oxygens (including phenoxy) is 1. The Morgan fingerprint density at radius 3 is 3.05 bits per heavy atom. The number of nitrogens with zero attached hydrogens (tertiary/aromatic N) is 1. The molecule has 0 amide bonds. The fraction of sp³-hybridized carbons (Fsp3) is 0.286. The van der Waals surface area contributed by atoms with Gasteiger partial charge in [-0.2, -0.15) is 0 Å². The number of hydrogen-bond donors (Lipinski definition) is 0. The summed E-state index contributed by atoms with van der Waals surface area (Å²) < 4.78 is 20.5. The molecule has 0 spiro atoms. The maximum absolute atomic E-state index is 13.9. The zero-order chi connectivity index (χ0) is 15.1. The van der Waals surface area contributed by atoms with Gasteiger partial charge in [0, 0.05) is 18.5 Å². The summed E-state index contributed by atoms with van der Waals surface area (Å²) in [4.78, 5) is 24.8. The Labute approximate surface area is 128 Å². The number of carbonyl (C=O) groups excluding carboxylic acids is 1. The van der Waals surface area contributed by atoms with E-state index >= 15 is 0 Å². The first-order valence-electron chi connectivity index (χ1n) is 6.39. The summed E-state index contributed by atoms with van der Waals surface area (Å²) in [5.41, 5.74) is -0.0290. The van der Waals surface area contributed by atoms with Gasteiger partial charge in [0.2, 0.25) is 5.43 Å². The molecule has 110 valence electrons. The third-order valence-electron chi connectivity index (χ3n) is 3.29. The molecule has 0 radical (unpaired) electrons. The predicted molar refractivity (Wildman–Crippen MR) is 79.9 cm³/mol. The number of aryl methyl sites for hydroxylation is 1. The Morgan fingerprint density at radius 1 is 1.57 bits per heavy atom. The van der Waals surface area contributed by atoms with Crippen LogP contribution >= 0.6 is 23.4 Å². The minimum absolute atomic E-state index is 0.0178. The lowest BCUT2D eigenvalue weighted by molar-refractivity contribution is 0.0524. The van der Waals surface area contributed by atoms with Gasteiger partial charge in [0.15, 0.2) is 0 Å². The highest BCUT2D eigenvalue weighted by Crippen LogP contribution is 2.38. The number of hydrogen-bond acceptors (Lipinski definition) is 4. The van der Waals surface area contributed by atoms with Gasteiger partial charge in [0.1, 0.15) is 11.4 Å². The standard InChI is InChI=1S/C14H11ClFNO3S/c1-2-20-14(19)8-6-17-3-4-21-13-10(15)9(16)5-7(11(13)17)12(8)18/h5-6H,2-4H2,1H3. The second kappa shape index (κ2) is 5.35. The van der Waals surface area contributed by atoms with Crippen LogP contribution in [0.3, 0.4) is 0 Å². The van der Waals surface area contributed by atoms with Crippen LogP contribution in [0.25, 0.3) is 10.9 Å². The van der Waals surface area contributed by atoms with Crippen molar-refractivity contribution in [1.29, 1.82) is 0 Å². The van der Waals surface area contributed by atoms with E-state index < -0.39 is 17.2 Å². The average molecular weight is 328 g/mol. The number of pyridine rings is 1. The molecule has 7 heteroatoms. The lowest BCUT2D eigenvalue weighted by atomic mass is 10.1. The quantitative estimate of drug-likeness (QED) is 0.795. The van der Waals surface area contributed by atoms with Crippen molar-refractivity contribution in [1.82, 2.24) is 4.57 Å². The molecular weight excluding hydrogens is 317 g/mol. The number of carbonyl (C=O) groups is 1. The van der Waals surface area contributed by atoms with Crippen LogP contribution in [0.15, 0.2) is 22.0 Å². The van der Waals surface area contributed by atoms with Gasteiger partial charge < -0.3 is 9.30 Å². The van der Waals surface area contributed by atoms with Crippen LogP contribution in [-0.4, -0.2) is 22.9 Å². The summed E-state index contributed by atoms with van der Waals surface area (Å²) in [6.45, 7) is 2.45. The molecule has 4 nitrogen and oxygen atoms in total. The number of aromatic nitrogens is 1. The molecule has 1 aromatic heterocycles. The molecule has 1 aromatic carbocycles. The zero-order valence-electron chi connectivity index (χ0n) is 11.1. The summed E-state index contributed by atoms with van der Waals surface area (Å²) in [7, 11) is 0. The maximum atomic E-state index is 13.9. The molecule has 0 saturated carbocycles. The van der Waals surface area contributed by atoms with Gasteiger partial charge in [-0.3, -0.25) is 4.79 Å². The van der Waals surface area contributed by atoms with E-state index in [-0.39, 0.29) is 22.6 Å². The summed E-state index contributed by atoms with van der Waals surface area (Å²) in [5, 5.41) is 0.175. The van der Waals surface area contributed by atoms with Gasteiger partial charge in [-0.1, -0.05) is 11.6 Å². The fourth-order valence-electron chi connectivity index (χ4n) is 2.38. The minimum atomic E-state index is -0.691. The molecule has 0 fully saturated rings. The summed E-state index contributed by atoms with van der Waals surface area (Å²) in [6, 6.07) is 1.09. The van der Waals surface area contributed by atoms with Gasteiger partial charge in [0.25, 0.3) is 0 Å². The molecule has 0 unspecified atom stereocenters. The van der Waals surface area contributed by atoms with E-state index in [1.807, 2.05) is 0 Å². The molecule has 0 bridgehead atoms. The molecule has 1 aliphatic heterocycles. The summed E-state index contributed by atoms with van der Waals surface area (Å²) >= 11 is 7.39. The van der Waals surface area contributed by atoms with Crippen molar-refractivity contribution in [2.75, 3.05) is 12.4 Å². The van der Waals surface area contributed by atoms with Crippen molar-refractivity contribution in [3.8, 4) is 0 Å². The lowest BCUT2D eigenvalue weighted by Crippen LogP contribution is -2.23. The molecule has 0 saturated heterocycles. The van der Waals surface area contributed by atoms with Gasteiger partial charge >= 0.3 is 5.97 Å². The van der Waals surface area contributed by atoms with E-state index in [1.165, 1.54) is 18.0 Å². The van der Waals surface area contributed by atoms with Crippen molar-refractivity contribution in [2.24, 2.45) is 0 Å². The number of thioether (sulfide) groups is 1. The van der Waals surface area contributed by atoms with Crippen LogP contribution in [0.4, 0.5) is 4.39 Å². The number of benzene rings is 1. The third kappa shape index (κ3) is 2.22. The van der Waals surface area contributed by atoms with Crippen LogP contribution in [0, 0.1) is 5.82 Å². The Hall–Kier alpha value is -1.53. The van der Waals surface area contributed by atoms with Gasteiger partial charge in [-0.15, -0.1) is 11.8 Å². The van der Waals surface area contributed by atoms with E-state index in [1.54, 1.807) is 11.5 Å². The second-order valence-corrected chi connectivity index (χ2v) is 6.02. The Morgan fingerprint density at radius 2 is 2.33 bits per heavy atom. The van der Waals surface area contributed by atoms with Crippen LogP contribution < -0.4 is 5.43 Å². The van der Waals surface area contributed by atoms with Crippen LogP contribution in [-0.2, 0) is 11.3 Å². The van der Waals surface area contributed by atoms with Crippen LogP contribution in [0.1, 0.15) is 17.3 Å². The second-order valence-electron chi connectivity index (χ2n) is 4.53. The molecule has 21 heavy (non-hydrogen) atoms. The number of halogens is 2. The highest BCUT2D eigenvalue weighted by molar-refractivity contribution is 7.99. The first-order chi connectivity index (χ1) is 10.0. The number of rotatable bonds is 2. The first-order valence-corrected chi connectivity index (χ1v) is 7.76. The summed E-state index contributed by atoms with van der Waals surface area (Å²) in [5.74, 6) is -0.655. The molecular formula is C14H11ClFNO3S. The maximum Gasteiger partial charge on any atom is 0.343 e. The van der Waals surface area contributed by atoms with E-state index in [4.69, 9.17) is 16.3 Å². The molecule has 3 rings (SSSR count). The molecule has 2 heterocycles. The monoisotopic (exact) mass is 327 g/mol. The SMILES string of the molecule is CCOC(=O)c1cn2c3c(c(Cl)c(F)cc3c1=O)SCC2. The van der Waals surface area contributed by atoms with Crippen LogP contribution in [0.2, 0.25) is 5.02 Å². The van der Waals surface area contributed by atoms with Crippen molar-refractivity contribution < 1.29 is 13.9 Å². The van der Waals surface area contributed by atoms with E-state index in [0.717, 1.165) is 6.07 Å². The van der Waals surface area contributed by atoms with E-state index in [0.29, 0.717) is 22.7 Å². The van der Waals surface area contributed by atoms with Crippen molar-refractivity contribution >= 4 is 40.2 Å². The molecule has 0 N–H and O–H groups in total. The topological polar surface area (TPSA) is 48.3 Å². The number of esters is 1. The van der Waals surface area contributed by atoms with Gasteiger partial charge in [-0.25, -0.2) is 9.18 Å². The Balaban J connectivity index is 2.38. The minimum Gasteiger partial charge on any atom is -0.462 e. The highest BCUT2D eigenvalue weighted by atomic mass is 35.5. The molecule has 2 aromatic rings. The smallest absolute Gasteiger partial charge is 0.343 e. The Bertz CT molecular complexity index is 818. The molecule has 1 aliphatic rings. The van der Waals surface area contributed by atoms with Crippen molar-refractivity contribution in [3.63, 3.8) is 0 Å². The zero-order valence-corrected chi connectivity index (χ0v) is 12.7. The molecule has 0 aliphatic carbocycles. The predicted octanol–water partition coefficient (Wildman–Crippen LogP) is 3.08. The largest absolute Gasteiger partial charge is 0.462 e. The molecule has 0 atom stereocenters. The van der Waals surface area contributed by atoms with Crippen LogP contribution in [0.5, 0.6) is 0 Å². The first kappa shape index (κ1) is 14.4. The van der Waals surface area contributed by atoms with E-state index in [9.17, 15) is 14.0 Å². The Kier molecular flexibility index (Phi) is 3.67. The fourth-order valence-corrected chi connectivity index (χ4v) is 3.77. The summed E-state index contributed by atoms with van der Waals surface area (Å²) in [6.07, 6.45) is 1.47. The average Bonchev–Trinajstić information content (AvgIpc) is 2.47. The van der Waals surface area contributed by atoms with Gasteiger partial charge in [0.05, 0.1) is 27.4 Å². The van der Waals surface area contributed by atoms with Crippen molar-refractivity contribution in [3.05, 3.63) is 38.9 Å². The highest BCUT2D eigenvalue weighted by Gasteiger charge is 2.24. The van der Waals surface area contributed by atoms with E-state index in [2.05, 4.69) is 0 Å². The third-order valence-corrected chi connectivity index (χ3v) is 4.84. The lowest BCUT2D eigenvalue weighted by Gasteiger charge is -2.21. The normalized spacial score (nSPS) is 13.5. The van der Waals surface area contributed by atoms with Crippen molar-refractivity contribution in [2.45, 2.75) is 18.4 Å². The van der Waals surface area contributed by atoms with Gasteiger partial charge in [-0.05, 0) is 13.0 Å².